The standard InChI is InChI=1S/C46H34N2/c1-5-17-38(18-6-1)47(39-19-7-2-8-20-39)42-31-27-35(28-32-42)44-25-13-15-37-16-14-26-45(46(37)44)36-29-33-43(34-30-36)48(40-21-9-3-10-22-40)41-23-11-4-12-24-41/h1-34H. The second-order valence-electron chi connectivity index (χ2n) is 11.8. The van der Waals surface area contributed by atoms with Gasteiger partial charge in [0.05, 0.1) is 0 Å². The summed E-state index contributed by atoms with van der Waals surface area (Å²) in [6, 6.07) is 73.3. The van der Waals surface area contributed by atoms with Crippen molar-refractivity contribution in [3.63, 3.8) is 0 Å². The highest BCUT2D eigenvalue weighted by atomic mass is 15.1. The summed E-state index contributed by atoms with van der Waals surface area (Å²) in [5, 5.41) is 2.48. The van der Waals surface area contributed by atoms with Crippen molar-refractivity contribution in [2.45, 2.75) is 0 Å². The molecule has 228 valence electrons. The van der Waals surface area contributed by atoms with Crippen LogP contribution in [0.2, 0.25) is 0 Å². The topological polar surface area (TPSA) is 6.48 Å². The highest BCUT2D eigenvalue weighted by Crippen LogP contribution is 2.41. The van der Waals surface area contributed by atoms with E-state index in [1.165, 1.54) is 33.0 Å². The maximum atomic E-state index is 2.30. The van der Waals surface area contributed by atoms with Crippen LogP contribution >= 0.6 is 0 Å². The Labute approximate surface area is 282 Å². The SMILES string of the molecule is c1ccc(N(c2ccccc2)c2ccc(-c3cccc4cccc(-c5ccc(N(c6ccccc6)c6ccccc6)cc5)c34)cc2)cc1. The smallest absolute Gasteiger partial charge is 0.0462 e. The maximum absolute atomic E-state index is 2.30. The number of hydrogen-bond acceptors (Lipinski definition) is 2. The van der Waals surface area contributed by atoms with E-state index in [4.69, 9.17) is 0 Å². The maximum Gasteiger partial charge on any atom is 0.0462 e. The van der Waals surface area contributed by atoms with Gasteiger partial charge in [-0.05, 0) is 106 Å². The van der Waals surface area contributed by atoms with E-state index in [2.05, 4.69) is 216 Å². The Kier molecular flexibility index (Phi) is 7.96. The van der Waals surface area contributed by atoms with Crippen LogP contribution in [-0.4, -0.2) is 0 Å². The third-order valence-corrected chi connectivity index (χ3v) is 8.84. The third-order valence-electron chi connectivity index (χ3n) is 8.84. The van der Waals surface area contributed by atoms with Gasteiger partial charge in [0, 0.05) is 34.1 Å². The zero-order chi connectivity index (χ0) is 32.1. The lowest BCUT2D eigenvalue weighted by Gasteiger charge is -2.26. The second kappa shape index (κ2) is 13.2. The van der Waals surface area contributed by atoms with E-state index in [-0.39, 0.29) is 0 Å². The Bertz CT molecular complexity index is 2010. The number of nitrogens with zero attached hydrogens (tertiary/aromatic N) is 2. The average Bonchev–Trinajstić information content (AvgIpc) is 3.17. The summed E-state index contributed by atoms with van der Waals surface area (Å²) in [4.78, 5) is 4.60. The minimum atomic E-state index is 1.12. The van der Waals surface area contributed by atoms with Crippen molar-refractivity contribution in [1.29, 1.82) is 0 Å². The molecular formula is C46H34N2. The number of fused-ring (bicyclic) bond motifs is 1. The van der Waals surface area contributed by atoms with E-state index < -0.39 is 0 Å². The van der Waals surface area contributed by atoms with Crippen LogP contribution in [0.3, 0.4) is 0 Å². The molecule has 0 radical (unpaired) electrons. The van der Waals surface area contributed by atoms with Gasteiger partial charge in [-0.1, -0.05) is 133 Å². The summed E-state index contributed by atoms with van der Waals surface area (Å²) < 4.78 is 0. The van der Waals surface area contributed by atoms with E-state index in [1.54, 1.807) is 0 Å². The van der Waals surface area contributed by atoms with Gasteiger partial charge in [-0.15, -0.1) is 0 Å². The van der Waals surface area contributed by atoms with E-state index in [0.29, 0.717) is 0 Å². The molecule has 0 amide bonds. The molecular weight excluding hydrogens is 581 g/mol. The molecule has 0 spiro atoms. The quantitative estimate of drug-likeness (QED) is 0.168. The summed E-state index contributed by atoms with van der Waals surface area (Å²) in [5.74, 6) is 0. The summed E-state index contributed by atoms with van der Waals surface area (Å²) >= 11 is 0. The van der Waals surface area contributed by atoms with Crippen LogP contribution < -0.4 is 9.80 Å². The van der Waals surface area contributed by atoms with Crippen LogP contribution in [0, 0.1) is 0 Å². The molecule has 8 aromatic rings. The van der Waals surface area contributed by atoms with Crippen molar-refractivity contribution >= 4 is 44.9 Å². The molecule has 0 unspecified atom stereocenters. The molecule has 0 N–H and O–H groups in total. The zero-order valence-corrected chi connectivity index (χ0v) is 26.5. The first-order valence-corrected chi connectivity index (χ1v) is 16.4. The molecule has 0 bridgehead atoms. The number of hydrogen-bond donors (Lipinski definition) is 0. The fraction of sp³-hybridized carbons (Fsp3) is 0. The van der Waals surface area contributed by atoms with Gasteiger partial charge in [-0.3, -0.25) is 0 Å². The Balaban J connectivity index is 1.18. The lowest BCUT2D eigenvalue weighted by molar-refractivity contribution is 1.28. The van der Waals surface area contributed by atoms with Gasteiger partial charge in [-0.25, -0.2) is 0 Å². The fourth-order valence-electron chi connectivity index (χ4n) is 6.60. The molecule has 2 heteroatoms. The largest absolute Gasteiger partial charge is 0.311 e. The molecule has 8 rings (SSSR count). The van der Waals surface area contributed by atoms with Crippen LogP contribution in [0.1, 0.15) is 0 Å². The molecule has 0 saturated heterocycles. The van der Waals surface area contributed by atoms with E-state index >= 15 is 0 Å². The molecule has 0 aliphatic heterocycles. The predicted molar refractivity (Wildman–Crippen MR) is 204 cm³/mol. The van der Waals surface area contributed by atoms with E-state index in [0.717, 1.165) is 34.1 Å². The van der Waals surface area contributed by atoms with E-state index in [9.17, 15) is 0 Å². The second-order valence-corrected chi connectivity index (χ2v) is 11.8. The Morgan fingerprint density at radius 1 is 0.229 bits per heavy atom. The molecule has 0 atom stereocenters. The Morgan fingerprint density at radius 2 is 0.521 bits per heavy atom. The van der Waals surface area contributed by atoms with Gasteiger partial charge in [0.1, 0.15) is 0 Å². The van der Waals surface area contributed by atoms with Crippen molar-refractivity contribution in [3.05, 3.63) is 206 Å². The van der Waals surface area contributed by atoms with Gasteiger partial charge in [0.2, 0.25) is 0 Å². The minimum Gasteiger partial charge on any atom is -0.311 e. The molecule has 0 heterocycles. The van der Waals surface area contributed by atoms with Crippen LogP contribution in [0.15, 0.2) is 206 Å². The highest BCUT2D eigenvalue weighted by Gasteiger charge is 2.16. The van der Waals surface area contributed by atoms with Gasteiger partial charge in [-0.2, -0.15) is 0 Å². The summed E-state index contributed by atoms with van der Waals surface area (Å²) in [5.41, 5.74) is 11.6. The zero-order valence-electron chi connectivity index (χ0n) is 26.5. The normalized spacial score (nSPS) is 10.9. The van der Waals surface area contributed by atoms with Gasteiger partial charge in [0.25, 0.3) is 0 Å². The van der Waals surface area contributed by atoms with Crippen LogP contribution in [0.25, 0.3) is 33.0 Å². The molecule has 0 fully saturated rings. The van der Waals surface area contributed by atoms with Crippen LogP contribution in [-0.2, 0) is 0 Å². The molecule has 0 saturated carbocycles. The number of rotatable bonds is 8. The lowest BCUT2D eigenvalue weighted by Crippen LogP contribution is -2.09. The van der Waals surface area contributed by atoms with Crippen molar-refractivity contribution < 1.29 is 0 Å². The van der Waals surface area contributed by atoms with Crippen molar-refractivity contribution in [2.75, 3.05) is 9.80 Å². The molecule has 48 heavy (non-hydrogen) atoms. The van der Waals surface area contributed by atoms with Gasteiger partial charge < -0.3 is 9.80 Å². The molecule has 8 aromatic carbocycles. The monoisotopic (exact) mass is 614 g/mol. The molecule has 2 nitrogen and oxygen atoms in total. The molecule has 0 aromatic heterocycles. The first-order chi connectivity index (χ1) is 23.8. The summed E-state index contributed by atoms with van der Waals surface area (Å²) in [6.07, 6.45) is 0. The van der Waals surface area contributed by atoms with Gasteiger partial charge >= 0.3 is 0 Å². The number of para-hydroxylation sites is 4. The van der Waals surface area contributed by atoms with Crippen LogP contribution in [0.4, 0.5) is 34.1 Å². The summed E-state index contributed by atoms with van der Waals surface area (Å²) in [7, 11) is 0. The lowest BCUT2D eigenvalue weighted by atomic mass is 9.91. The predicted octanol–water partition coefficient (Wildman–Crippen LogP) is 13.1. The van der Waals surface area contributed by atoms with Crippen molar-refractivity contribution in [1.82, 2.24) is 0 Å². The number of benzene rings is 8. The van der Waals surface area contributed by atoms with Crippen molar-refractivity contribution in [3.8, 4) is 22.3 Å². The van der Waals surface area contributed by atoms with Crippen LogP contribution in [0.5, 0.6) is 0 Å². The Morgan fingerprint density at radius 3 is 0.833 bits per heavy atom. The van der Waals surface area contributed by atoms with Crippen molar-refractivity contribution in [2.24, 2.45) is 0 Å². The highest BCUT2D eigenvalue weighted by molar-refractivity contribution is 6.06. The van der Waals surface area contributed by atoms with E-state index in [1.807, 2.05) is 0 Å². The van der Waals surface area contributed by atoms with Gasteiger partial charge in [0.15, 0.2) is 0 Å². The third kappa shape index (κ3) is 5.72. The molecule has 0 aliphatic carbocycles. The summed E-state index contributed by atoms with van der Waals surface area (Å²) in [6.45, 7) is 0. The first-order valence-electron chi connectivity index (χ1n) is 16.4. The average molecular weight is 615 g/mol. The fourth-order valence-corrected chi connectivity index (χ4v) is 6.60. The first kappa shape index (κ1) is 29.1. The minimum absolute atomic E-state index is 1.12. The Hall–Kier alpha value is -6.38. The number of anilines is 6. The molecule has 0 aliphatic rings.